The number of carbonyl (C=O) groups excluding carboxylic acids is 1. The molecule has 0 aliphatic rings. The van der Waals surface area contributed by atoms with Crippen molar-refractivity contribution in [2.24, 2.45) is 0 Å². The summed E-state index contributed by atoms with van der Waals surface area (Å²) >= 11 is 1.49. The summed E-state index contributed by atoms with van der Waals surface area (Å²) in [5, 5.41) is 12.3. The van der Waals surface area contributed by atoms with E-state index in [1.165, 1.54) is 11.8 Å². The van der Waals surface area contributed by atoms with Gasteiger partial charge in [0.1, 0.15) is 11.6 Å². The smallest absolute Gasteiger partial charge is 0.224 e. The molecule has 0 aliphatic carbocycles. The number of ether oxygens (including phenoxy) is 1. The molecule has 30 heavy (non-hydrogen) atoms. The third-order valence-electron chi connectivity index (χ3n) is 4.33. The first-order valence-corrected chi connectivity index (χ1v) is 11.2. The number of aromatic nitrogens is 4. The van der Waals surface area contributed by atoms with Crippen molar-refractivity contribution in [2.45, 2.75) is 44.9 Å². The van der Waals surface area contributed by atoms with Gasteiger partial charge in [-0.3, -0.25) is 4.79 Å². The van der Waals surface area contributed by atoms with Crippen molar-refractivity contribution in [1.82, 2.24) is 25.1 Å². The average Bonchev–Trinajstić information content (AvgIpc) is 3.12. The fourth-order valence-corrected chi connectivity index (χ4v) is 3.35. The molecule has 3 rings (SSSR count). The number of amides is 1. The maximum absolute atomic E-state index is 12.3. The molecule has 0 unspecified atom stereocenters. The molecular weight excluding hydrogens is 400 g/mol. The number of hydrogen-bond acceptors (Lipinski definition) is 7. The number of nitrogens with one attached hydrogen (secondary N) is 2. The lowest BCUT2D eigenvalue weighted by Gasteiger charge is -2.11. The van der Waals surface area contributed by atoms with Gasteiger partial charge in [0.2, 0.25) is 5.91 Å². The molecule has 9 heteroatoms. The van der Waals surface area contributed by atoms with Crippen molar-refractivity contribution in [2.75, 3.05) is 24.7 Å². The van der Waals surface area contributed by atoms with E-state index in [9.17, 15) is 4.79 Å². The van der Waals surface area contributed by atoms with Gasteiger partial charge in [0.25, 0.3) is 0 Å². The van der Waals surface area contributed by atoms with Crippen LogP contribution in [0.3, 0.4) is 0 Å². The summed E-state index contributed by atoms with van der Waals surface area (Å²) in [7, 11) is 0. The molecule has 1 aromatic carbocycles. The van der Waals surface area contributed by atoms with Crippen LogP contribution in [0.2, 0.25) is 0 Å². The largest absolute Gasteiger partial charge is 0.494 e. The number of rotatable bonds is 10. The van der Waals surface area contributed by atoms with Crippen molar-refractivity contribution in [1.29, 1.82) is 0 Å². The van der Waals surface area contributed by atoms with Gasteiger partial charge in [-0.2, -0.15) is 5.10 Å². The second-order valence-electron chi connectivity index (χ2n) is 7.07. The van der Waals surface area contributed by atoms with Crippen LogP contribution in [0.1, 0.15) is 26.3 Å². The number of nitrogens with zero attached hydrogens (tertiary/aromatic N) is 4. The van der Waals surface area contributed by atoms with Gasteiger partial charge in [-0.15, -0.1) is 0 Å². The van der Waals surface area contributed by atoms with Crippen LogP contribution in [0.25, 0.3) is 11.0 Å². The highest BCUT2D eigenvalue weighted by atomic mass is 32.2. The van der Waals surface area contributed by atoms with E-state index in [-0.39, 0.29) is 11.9 Å². The minimum atomic E-state index is -0.0304. The minimum Gasteiger partial charge on any atom is -0.494 e. The molecule has 0 radical (unpaired) electrons. The maximum Gasteiger partial charge on any atom is 0.224 e. The fourth-order valence-electron chi connectivity index (χ4n) is 2.99. The molecule has 160 valence electrons. The van der Waals surface area contributed by atoms with Crippen molar-refractivity contribution in [3.63, 3.8) is 0 Å². The van der Waals surface area contributed by atoms with E-state index in [0.717, 1.165) is 28.2 Å². The lowest BCUT2D eigenvalue weighted by atomic mass is 10.1. The molecule has 2 N–H and O–H groups in total. The Labute approximate surface area is 180 Å². The predicted molar refractivity (Wildman–Crippen MR) is 120 cm³/mol. The summed E-state index contributed by atoms with van der Waals surface area (Å²) in [6, 6.07) is 7.84. The lowest BCUT2D eigenvalue weighted by molar-refractivity contribution is -0.120. The molecule has 0 fully saturated rings. The number of benzene rings is 1. The van der Waals surface area contributed by atoms with E-state index in [4.69, 9.17) is 4.74 Å². The molecule has 2 heterocycles. The second-order valence-corrected chi connectivity index (χ2v) is 7.84. The highest BCUT2D eigenvalue weighted by Gasteiger charge is 2.13. The van der Waals surface area contributed by atoms with Crippen molar-refractivity contribution in [3.05, 3.63) is 36.0 Å². The first-order chi connectivity index (χ1) is 14.5. The summed E-state index contributed by atoms with van der Waals surface area (Å²) in [5.74, 6) is 1.56. The zero-order chi connectivity index (χ0) is 21.5. The summed E-state index contributed by atoms with van der Waals surface area (Å²) < 4.78 is 7.23. The van der Waals surface area contributed by atoms with Crippen LogP contribution in [-0.2, 0) is 17.8 Å². The van der Waals surface area contributed by atoms with E-state index in [1.54, 1.807) is 10.9 Å². The number of carbonyl (C=O) groups is 1. The molecule has 0 aliphatic heterocycles. The minimum absolute atomic E-state index is 0.0304. The lowest BCUT2D eigenvalue weighted by Crippen LogP contribution is -2.28. The van der Waals surface area contributed by atoms with Crippen LogP contribution in [0.15, 0.2) is 35.6 Å². The van der Waals surface area contributed by atoms with Gasteiger partial charge >= 0.3 is 0 Å². The highest BCUT2D eigenvalue weighted by Crippen LogP contribution is 2.23. The van der Waals surface area contributed by atoms with E-state index in [1.807, 2.05) is 37.4 Å². The molecule has 0 saturated heterocycles. The molecule has 3 aromatic rings. The van der Waals surface area contributed by atoms with Gasteiger partial charge in [-0.05, 0) is 44.7 Å². The number of hydrogen-bond donors (Lipinski definition) is 2. The number of thioether (sulfide) groups is 1. The predicted octanol–water partition coefficient (Wildman–Crippen LogP) is 3.13. The topological polar surface area (TPSA) is 94.0 Å². The summed E-state index contributed by atoms with van der Waals surface area (Å²) in [6.45, 7) is 7.71. The van der Waals surface area contributed by atoms with E-state index in [2.05, 4.69) is 39.5 Å². The quantitative estimate of drug-likeness (QED) is 0.378. The second kappa shape index (κ2) is 10.3. The van der Waals surface area contributed by atoms with Gasteiger partial charge in [-0.25, -0.2) is 14.6 Å². The SMILES string of the molecule is CCOc1ccc(CC(=O)NCCn2ncc3c(NC(C)C)nc(SC)nc32)cc1. The first-order valence-electron chi connectivity index (χ1n) is 10.0. The van der Waals surface area contributed by atoms with Crippen LogP contribution in [0.4, 0.5) is 5.82 Å². The molecule has 2 aromatic heterocycles. The van der Waals surface area contributed by atoms with Gasteiger partial charge < -0.3 is 15.4 Å². The average molecular weight is 429 g/mol. The number of fused-ring (bicyclic) bond motifs is 1. The highest BCUT2D eigenvalue weighted by molar-refractivity contribution is 7.98. The van der Waals surface area contributed by atoms with Crippen LogP contribution >= 0.6 is 11.8 Å². The first kappa shape index (κ1) is 21.9. The monoisotopic (exact) mass is 428 g/mol. The van der Waals surface area contributed by atoms with Gasteiger partial charge in [0.05, 0.1) is 31.2 Å². The standard InChI is InChI=1S/C21H28N6O2S/c1-5-29-16-8-6-15(7-9-16)12-18(28)22-10-11-27-20-17(13-23-27)19(24-14(2)3)25-21(26-20)30-4/h6-9,13-14H,5,10-12H2,1-4H3,(H,22,28)(H,24,25,26). The maximum atomic E-state index is 12.3. The van der Waals surface area contributed by atoms with Crippen molar-refractivity contribution >= 4 is 34.5 Å². The Morgan fingerprint density at radius 2 is 2.00 bits per heavy atom. The molecule has 1 amide bonds. The Balaban J connectivity index is 1.60. The van der Waals surface area contributed by atoms with Crippen molar-refractivity contribution in [3.8, 4) is 5.75 Å². The van der Waals surface area contributed by atoms with E-state index >= 15 is 0 Å². The Morgan fingerprint density at radius 1 is 1.23 bits per heavy atom. The number of anilines is 1. The summed E-state index contributed by atoms with van der Waals surface area (Å²) in [4.78, 5) is 21.4. The molecule has 0 saturated carbocycles. The third kappa shape index (κ3) is 5.63. The van der Waals surface area contributed by atoms with Crippen LogP contribution in [0, 0.1) is 0 Å². The van der Waals surface area contributed by atoms with Crippen LogP contribution < -0.4 is 15.4 Å². The van der Waals surface area contributed by atoms with E-state index in [0.29, 0.717) is 31.3 Å². The molecule has 0 spiro atoms. The van der Waals surface area contributed by atoms with E-state index < -0.39 is 0 Å². The summed E-state index contributed by atoms with van der Waals surface area (Å²) in [5.41, 5.74) is 1.71. The third-order valence-corrected chi connectivity index (χ3v) is 4.88. The molecular formula is C21H28N6O2S. The zero-order valence-electron chi connectivity index (χ0n) is 17.8. The summed E-state index contributed by atoms with van der Waals surface area (Å²) in [6.07, 6.45) is 4.04. The van der Waals surface area contributed by atoms with Gasteiger partial charge in [0, 0.05) is 12.6 Å². The fraction of sp³-hybridized carbons (Fsp3) is 0.429. The van der Waals surface area contributed by atoms with Crippen LogP contribution in [0.5, 0.6) is 5.75 Å². The Morgan fingerprint density at radius 3 is 2.67 bits per heavy atom. The van der Waals surface area contributed by atoms with Crippen LogP contribution in [-0.4, -0.2) is 51.1 Å². The van der Waals surface area contributed by atoms with Crippen molar-refractivity contribution < 1.29 is 9.53 Å². The Hall–Kier alpha value is -2.81. The normalized spacial score (nSPS) is 11.1. The Kier molecular flexibility index (Phi) is 7.51. The van der Waals surface area contributed by atoms with Gasteiger partial charge in [-0.1, -0.05) is 23.9 Å². The van der Waals surface area contributed by atoms with Gasteiger partial charge in [0.15, 0.2) is 10.8 Å². The molecule has 0 atom stereocenters. The molecule has 0 bridgehead atoms. The Bertz CT molecular complexity index is 987. The molecule has 8 nitrogen and oxygen atoms in total. The zero-order valence-corrected chi connectivity index (χ0v) is 18.6.